The van der Waals surface area contributed by atoms with Gasteiger partial charge in [0.1, 0.15) is 0 Å². The lowest BCUT2D eigenvalue weighted by Gasteiger charge is -2.34. The quantitative estimate of drug-likeness (QED) is 0.865. The molecule has 1 unspecified atom stereocenters. The molecule has 94 valence electrons. The lowest BCUT2D eigenvalue weighted by molar-refractivity contribution is 0.199. The maximum absolute atomic E-state index is 9.49. The number of aliphatic hydroxyl groups excluding tert-OH is 1. The van der Waals surface area contributed by atoms with Crippen molar-refractivity contribution in [3.63, 3.8) is 0 Å². The maximum atomic E-state index is 9.49. The molecule has 1 aliphatic heterocycles. The Labute approximate surface area is 104 Å². The molecule has 0 aliphatic carbocycles. The van der Waals surface area contributed by atoms with Crippen LogP contribution >= 0.6 is 0 Å². The Morgan fingerprint density at radius 1 is 1.35 bits per heavy atom. The summed E-state index contributed by atoms with van der Waals surface area (Å²) in [5.41, 5.74) is 2.30. The van der Waals surface area contributed by atoms with Crippen molar-refractivity contribution in [2.45, 2.75) is 39.2 Å². The summed E-state index contributed by atoms with van der Waals surface area (Å²) in [5.74, 6) is 0.847. The molecule has 1 fully saturated rings. The maximum Gasteiger partial charge on any atom is 0.0761 e. The minimum absolute atomic E-state index is 0.367. The number of hydrogen-bond acceptors (Lipinski definition) is 2. The lowest BCUT2D eigenvalue weighted by atomic mass is 9.95. The number of rotatable bonds is 3. The first kappa shape index (κ1) is 12.4. The third kappa shape index (κ3) is 3.01. The number of anilines is 1. The summed E-state index contributed by atoms with van der Waals surface area (Å²) in [4.78, 5) is 2.48. The van der Waals surface area contributed by atoms with Gasteiger partial charge in [-0.25, -0.2) is 0 Å². The highest BCUT2D eigenvalue weighted by molar-refractivity contribution is 5.48. The largest absolute Gasteiger partial charge is 0.389 e. The highest BCUT2D eigenvalue weighted by Crippen LogP contribution is 2.25. The molecule has 1 N–H and O–H groups in total. The van der Waals surface area contributed by atoms with Gasteiger partial charge in [0.25, 0.3) is 0 Å². The van der Waals surface area contributed by atoms with E-state index in [1.807, 2.05) is 19.1 Å². The molecule has 2 heteroatoms. The van der Waals surface area contributed by atoms with E-state index in [0.717, 1.165) is 11.5 Å². The van der Waals surface area contributed by atoms with Gasteiger partial charge in [-0.2, -0.15) is 0 Å². The molecule has 0 radical (unpaired) electrons. The Bertz CT molecular complexity index is 344. The molecule has 0 saturated carbocycles. The van der Waals surface area contributed by atoms with Gasteiger partial charge < -0.3 is 10.0 Å². The molecule has 2 rings (SSSR count). The molecule has 0 aromatic heterocycles. The Morgan fingerprint density at radius 2 is 2.06 bits per heavy atom. The third-order valence-corrected chi connectivity index (χ3v) is 3.84. The first-order valence-electron chi connectivity index (χ1n) is 6.73. The van der Waals surface area contributed by atoms with Crippen LogP contribution in [0.25, 0.3) is 0 Å². The molecule has 1 aliphatic rings. The smallest absolute Gasteiger partial charge is 0.0761 e. The van der Waals surface area contributed by atoms with Gasteiger partial charge in [0.2, 0.25) is 0 Å². The molecule has 0 bridgehead atoms. The van der Waals surface area contributed by atoms with Crippen molar-refractivity contribution in [3.8, 4) is 0 Å². The minimum Gasteiger partial charge on any atom is -0.389 e. The van der Waals surface area contributed by atoms with Gasteiger partial charge in [0.05, 0.1) is 6.10 Å². The predicted octanol–water partition coefficient (Wildman–Crippen LogP) is 3.37. The van der Waals surface area contributed by atoms with Crippen molar-refractivity contribution in [2.75, 3.05) is 18.0 Å². The zero-order valence-corrected chi connectivity index (χ0v) is 10.9. The fraction of sp³-hybridized carbons (Fsp3) is 0.600. The monoisotopic (exact) mass is 233 g/mol. The van der Waals surface area contributed by atoms with E-state index >= 15 is 0 Å². The molecule has 2 atom stereocenters. The van der Waals surface area contributed by atoms with Crippen LogP contribution in [-0.2, 0) is 0 Å². The summed E-state index contributed by atoms with van der Waals surface area (Å²) in [7, 11) is 0. The van der Waals surface area contributed by atoms with Crippen LogP contribution in [-0.4, -0.2) is 18.2 Å². The van der Waals surface area contributed by atoms with Gasteiger partial charge in [-0.1, -0.05) is 25.5 Å². The van der Waals surface area contributed by atoms with Crippen molar-refractivity contribution < 1.29 is 5.11 Å². The third-order valence-electron chi connectivity index (χ3n) is 3.84. The van der Waals surface area contributed by atoms with E-state index < -0.39 is 0 Å². The Morgan fingerprint density at radius 3 is 2.65 bits per heavy atom. The molecule has 1 aromatic rings. The second-order valence-corrected chi connectivity index (χ2v) is 5.13. The first-order valence-corrected chi connectivity index (χ1v) is 6.73. The highest BCUT2D eigenvalue weighted by Gasteiger charge is 2.18. The van der Waals surface area contributed by atoms with Crippen molar-refractivity contribution in [2.24, 2.45) is 5.92 Å². The number of piperidine rings is 1. The molecule has 1 heterocycles. The Balaban J connectivity index is 2.06. The zero-order chi connectivity index (χ0) is 12.3. The average Bonchev–Trinajstić information content (AvgIpc) is 2.39. The van der Waals surface area contributed by atoms with Gasteiger partial charge in [0.15, 0.2) is 0 Å². The van der Waals surface area contributed by atoms with Crippen molar-refractivity contribution in [1.82, 2.24) is 0 Å². The summed E-state index contributed by atoms with van der Waals surface area (Å²) >= 11 is 0. The van der Waals surface area contributed by atoms with Gasteiger partial charge in [-0.05, 0) is 43.4 Å². The number of hydrogen-bond donors (Lipinski definition) is 1. The van der Waals surface area contributed by atoms with Gasteiger partial charge in [-0.15, -0.1) is 0 Å². The van der Waals surface area contributed by atoms with Crippen LogP contribution in [0.2, 0.25) is 0 Å². The summed E-state index contributed by atoms with van der Waals surface area (Å²) in [6.45, 7) is 6.45. The summed E-state index contributed by atoms with van der Waals surface area (Å²) in [6.07, 6.45) is 3.59. The molecule has 0 amide bonds. The Hall–Kier alpha value is -1.02. The van der Waals surface area contributed by atoms with E-state index in [4.69, 9.17) is 0 Å². The minimum atomic E-state index is -0.367. The van der Waals surface area contributed by atoms with E-state index in [2.05, 4.69) is 24.0 Å². The number of aliphatic hydroxyl groups is 1. The van der Waals surface area contributed by atoms with E-state index in [-0.39, 0.29) is 6.10 Å². The van der Waals surface area contributed by atoms with Crippen LogP contribution in [0.5, 0.6) is 0 Å². The number of benzene rings is 1. The molecule has 17 heavy (non-hydrogen) atoms. The standard InChI is InChI=1S/C15H23NO/c1-3-13-5-4-10-16(11-13)15-8-6-14(7-9-15)12(2)17/h6-9,12-13,17H,3-5,10-11H2,1-2H3/t12-,13?/m0/s1. The van der Waals surface area contributed by atoms with Crippen LogP contribution in [0.4, 0.5) is 5.69 Å². The second kappa shape index (κ2) is 5.54. The fourth-order valence-electron chi connectivity index (χ4n) is 2.60. The van der Waals surface area contributed by atoms with E-state index in [1.165, 1.54) is 38.0 Å². The van der Waals surface area contributed by atoms with E-state index in [0.29, 0.717) is 0 Å². The first-order chi connectivity index (χ1) is 8.20. The van der Waals surface area contributed by atoms with Gasteiger partial charge >= 0.3 is 0 Å². The number of nitrogens with zero attached hydrogens (tertiary/aromatic N) is 1. The van der Waals surface area contributed by atoms with E-state index in [9.17, 15) is 5.11 Å². The van der Waals surface area contributed by atoms with Crippen LogP contribution in [0.3, 0.4) is 0 Å². The van der Waals surface area contributed by atoms with Crippen molar-refractivity contribution in [1.29, 1.82) is 0 Å². The predicted molar refractivity (Wildman–Crippen MR) is 72.3 cm³/mol. The molecule has 2 nitrogen and oxygen atoms in total. The van der Waals surface area contributed by atoms with Crippen molar-refractivity contribution >= 4 is 5.69 Å². The molecule has 1 aromatic carbocycles. The lowest BCUT2D eigenvalue weighted by Crippen LogP contribution is -2.35. The zero-order valence-electron chi connectivity index (χ0n) is 10.9. The van der Waals surface area contributed by atoms with Crippen LogP contribution in [0, 0.1) is 5.92 Å². The van der Waals surface area contributed by atoms with Gasteiger partial charge in [0, 0.05) is 18.8 Å². The molecule has 0 spiro atoms. The summed E-state index contributed by atoms with van der Waals surface area (Å²) in [6, 6.07) is 8.35. The van der Waals surface area contributed by atoms with Crippen molar-refractivity contribution in [3.05, 3.63) is 29.8 Å². The normalized spacial score (nSPS) is 22.5. The van der Waals surface area contributed by atoms with E-state index in [1.54, 1.807) is 0 Å². The van der Waals surface area contributed by atoms with Crippen LogP contribution in [0.15, 0.2) is 24.3 Å². The molecule has 1 saturated heterocycles. The van der Waals surface area contributed by atoms with Crippen LogP contribution < -0.4 is 4.90 Å². The van der Waals surface area contributed by atoms with Crippen LogP contribution in [0.1, 0.15) is 44.8 Å². The SMILES string of the molecule is CCC1CCCN(c2ccc([C@H](C)O)cc2)C1. The molecular weight excluding hydrogens is 210 g/mol. The Kier molecular flexibility index (Phi) is 4.06. The summed E-state index contributed by atoms with van der Waals surface area (Å²) in [5, 5.41) is 9.49. The summed E-state index contributed by atoms with van der Waals surface area (Å²) < 4.78 is 0. The average molecular weight is 233 g/mol. The second-order valence-electron chi connectivity index (χ2n) is 5.13. The van der Waals surface area contributed by atoms with Gasteiger partial charge in [-0.3, -0.25) is 0 Å². The highest BCUT2D eigenvalue weighted by atomic mass is 16.3. The fourth-order valence-corrected chi connectivity index (χ4v) is 2.60. The molecular formula is C15H23NO. The topological polar surface area (TPSA) is 23.5 Å².